The molecule has 2 bridgehead atoms. The molecule has 2 heterocycles. The van der Waals surface area contributed by atoms with Gasteiger partial charge in [0, 0.05) is 30.3 Å². The zero-order chi connectivity index (χ0) is 19.1. The Hall–Kier alpha value is -2.82. The molecule has 2 aromatic carbocycles. The quantitative estimate of drug-likeness (QED) is 0.891. The fraction of sp³-hybridized carbons (Fsp3) is 0.364. The summed E-state index contributed by atoms with van der Waals surface area (Å²) in [7, 11) is 0. The second-order valence-corrected chi connectivity index (χ2v) is 7.66. The van der Waals surface area contributed by atoms with Crippen LogP contribution in [0.3, 0.4) is 0 Å². The third-order valence-corrected chi connectivity index (χ3v) is 5.80. The number of aryl methyl sites for hydroxylation is 2. The Morgan fingerprint density at radius 3 is 2.30 bits per heavy atom. The summed E-state index contributed by atoms with van der Waals surface area (Å²) in [6.07, 6.45) is 1.64. The fourth-order valence-corrected chi connectivity index (χ4v) is 4.19. The smallest absolute Gasteiger partial charge is 0.254 e. The lowest BCUT2D eigenvalue weighted by molar-refractivity contribution is 0.0657. The van der Waals surface area contributed by atoms with Crippen LogP contribution >= 0.6 is 0 Å². The van der Waals surface area contributed by atoms with E-state index in [1.165, 1.54) is 0 Å². The highest BCUT2D eigenvalue weighted by Gasteiger charge is 2.43. The van der Waals surface area contributed by atoms with Crippen molar-refractivity contribution in [2.24, 2.45) is 0 Å². The molecule has 2 atom stereocenters. The van der Waals surface area contributed by atoms with E-state index < -0.39 is 0 Å². The van der Waals surface area contributed by atoms with Crippen molar-refractivity contribution in [1.82, 2.24) is 9.80 Å². The van der Waals surface area contributed by atoms with E-state index >= 15 is 0 Å². The fourth-order valence-electron chi connectivity index (χ4n) is 4.19. The van der Waals surface area contributed by atoms with E-state index in [2.05, 4.69) is 0 Å². The van der Waals surface area contributed by atoms with Gasteiger partial charge < -0.3 is 14.9 Å². The Balaban J connectivity index is 1.51. The standard InChI is InChI=1S/C22H24N2O3/c1-14-3-5-16(6-4-14)21(26)23-10-9-18-12-19(23)13-24(18)22(27)17-7-8-20(25)15(2)11-17/h3-8,11,18-19,25H,9-10,12-13H2,1-2H3. The number of hydrogen-bond acceptors (Lipinski definition) is 3. The Bertz CT molecular complexity index is 891. The number of likely N-dealkylation sites (tertiary alicyclic amines) is 2. The molecule has 5 heteroatoms. The number of aromatic hydroxyl groups is 1. The van der Waals surface area contributed by atoms with Gasteiger partial charge in [0.25, 0.3) is 11.8 Å². The van der Waals surface area contributed by atoms with Gasteiger partial charge in [-0.15, -0.1) is 0 Å². The number of rotatable bonds is 2. The van der Waals surface area contributed by atoms with Crippen molar-refractivity contribution in [2.75, 3.05) is 13.1 Å². The van der Waals surface area contributed by atoms with Crippen LogP contribution in [-0.2, 0) is 0 Å². The molecule has 2 aromatic rings. The van der Waals surface area contributed by atoms with E-state index in [0.717, 1.165) is 18.4 Å². The van der Waals surface area contributed by atoms with Crippen molar-refractivity contribution in [1.29, 1.82) is 0 Å². The monoisotopic (exact) mass is 364 g/mol. The molecule has 2 aliphatic heterocycles. The van der Waals surface area contributed by atoms with Crippen LogP contribution in [0, 0.1) is 13.8 Å². The van der Waals surface area contributed by atoms with Crippen molar-refractivity contribution in [3.8, 4) is 5.75 Å². The molecule has 5 nitrogen and oxygen atoms in total. The summed E-state index contributed by atoms with van der Waals surface area (Å²) in [5.74, 6) is 0.227. The number of phenolic OH excluding ortho intramolecular Hbond substituents is 1. The summed E-state index contributed by atoms with van der Waals surface area (Å²) in [5.41, 5.74) is 3.12. The molecule has 140 valence electrons. The predicted octanol–water partition coefficient (Wildman–Crippen LogP) is 3.14. The number of amides is 2. The Kier molecular flexibility index (Phi) is 4.38. The molecule has 0 radical (unpaired) electrons. The lowest BCUT2D eigenvalue weighted by Crippen LogP contribution is -2.44. The summed E-state index contributed by atoms with van der Waals surface area (Å²) in [6.45, 7) is 5.04. The first kappa shape index (κ1) is 17.6. The van der Waals surface area contributed by atoms with Gasteiger partial charge in [-0.25, -0.2) is 0 Å². The van der Waals surface area contributed by atoms with Crippen molar-refractivity contribution in [3.63, 3.8) is 0 Å². The molecule has 2 aliphatic rings. The van der Waals surface area contributed by atoms with Crippen molar-refractivity contribution >= 4 is 11.8 Å². The van der Waals surface area contributed by atoms with Crippen molar-refractivity contribution < 1.29 is 14.7 Å². The Morgan fingerprint density at radius 1 is 0.926 bits per heavy atom. The first-order valence-electron chi connectivity index (χ1n) is 9.42. The third-order valence-electron chi connectivity index (χ3n) is 5.80. The minimum absolute atomic E-state index is 0.0183. The highest BCUT2D eigenvalue weighted by Crippen LogP contribution is 2.32. The molecule has 0 aliphatic carbocycles. The van der Waals surface area contributed by atoms with Gasteiger partial charge in [0.05, 0.1) is 6.04 Å². The van der Waals surface area contributed by atoms with E-state index in [1.807, 2.05) is 41.0 Å². The predicted molar refractivity (Wildman–Crippen MR) is 103 cm³/mol. The van der Waals surface area contributed by atoms with Gasteiger partial charge >= 0.3 is 0 Å². The second kappa shape index (κ2) is 6.72. The summed E-state index contributed by atoms with van der Waals surface area (Å²) >= 11 is 0. The number of nitrogens with zero attached hydrogens (tertiary/aromatic N) is 2. The second-order valence-electron chi connectivity index (χ2n) is 7.66. The van der Waals surface area contributed by atoms with Crippen LogP contribution in [0.15, 0.2) is 42.5 Å². The highest BCUT2D eigenvalue weighted by atomic mass is 16.3. The van der Waals surface area contributed by atoms with E-state index in [0.29, 0.717) is 29.8 Å². The van der Waals surface area contributed by atoms with E-state index in [9.17, 15) is 14.7 Å². The molecular weight excluding hydrogens is 340 g/mol. The lowest BCUT2D eigenvalue weighted by atomic mass is 10.0. The number of carbonyl (C=O) groups is 2. The number of hydrogen-bond donors (Lipinski definition) is 1. The van der Waals surface area contributed by atoms with E-state index in [-0.39, 0.29) is 29.6 Å². The van der Waals surface area contributed by atoms with Gasteiger partial charge in [0.1, 0.15) is 5.75 Å². The van der Waals surface area contributed by atoms with Gasteiger partial charge in [0.2, 0.25) is 0 Å². The number of benzene rings is 2. The topological polar surface area (TPSA) is 60.9 Å². The number of piperidine rings is 1. The summed E-state index contributed by atoms with van der Waals surface area (Å²) in [5, 5.41) is 9.69. The Morgan fingerprint density at radius 2 is 1.59 bits per heavy atom. The van der Waals surface area contributed by atoms with Gasteiger partial charge in [0.15, 0.2) is 0 Å². The lowest BCUT2D eigenvalue weighted by Gasteiger charge is -2.32. The van der Waals surface area contributed by atoms with Gasteiger partial charge in [-0.3, -0.25) is 9.59 Å². The van der Waals surface area contributed by atoms with Crippen LogP contribution in [0.4, 0.5) is 0 Å². The zero-order valence-electron chi connectivity index (χ0n) is 15.7. The van der Waals surface area contributed by atoms with Crippen LogP contribution < -0.4 is 0 Å². The van der Waals surface area contributed by atoms with Gasteiger partial charge in [-0.2, -0.15) is 0 Å². The zero-order valence-corrected chi connectivity index (χ0v) is 15.7. The molecule has 2 fully saturated rings. The number of carbonyl (C=O) groups excluding carboxylic acids is 2. The first-order chi connectivity index (χ1) is 12.9. The normalized spacial score (nSPS) is 21.4. The van der Waals surface area contributed by atoms with E-state index in [1.54, 1.807) is 25.1 Å². The number of phenols is 1. The summed E-state index contributed by atoms with van der Waals surface area (Å²) in [4.78, 5) is 29.7. The number of fused-ring (bicyclic) bond motifs is 2. The largest absolute Gasteiger partial charge is 0.508 e. The van der Waals surface area contributed by atoms with Crippen LogP contribution in [0.1, 0.15) is 44.7 Å². The summed E-state index contributed by atoms with van der Waals surface area (Å²) < 4.78 is 0. The molecule has 1 N–H and O–H groups in total. The van der Waals surface area contributed by atoms with Crippen molar-refractivity contribution in [3.05, 3.63) is 64.7 Å². The van der Waals surface area contributed by atoms with Gasteiger partial charge in [-0.1, -0.05) is 17.7 Å². The van der Waals surface area contributed by atoms with Crippen LogP contribution in [-0.4, -0.2) is 51.9 Å². The maximum atomic E-state index is 13.0. The first-order valence-corrected chi connectivity index (χ1v) is 9.42. The molecular formula is C22H24N2O3. The average Bonchev–Trinajstić information content (AvgIpc) is 3.00. The maximum absolute atomic E-state index is 13.0. The molecule has 0 saturated carbocycles. The molecule has 4 rings (SSSR count). The minimum Gasteiger partial charge on any atom is -0.508 e. The molecule has 2 saturated heterocycles. The molecule has 0 aromatic heterocycles. The van der Waals surface area contributed by atoms with Crippen LogP contribution in [0.2, 0.25) is 0 Å². The minimum atomic E-state index is -0.0183. The summed E-state index contributed by atoms with van der Waals surface area (Å²) in [6, 6.07) is 12.9. The van der Waals surface area contributed by atoms with Gasteiger partial charge in [-0.05, 0) is 62.6 Å². The molecule has 2 unspecified atom stereocenters. The molecule has 27 heavy (non-hydrogen) atoms. The maximum Gasteiger partial charge on any atom is 0.254 e. The average molecular weight is 364 g/mol. The van der Waals surface area contributed by atoms with E-state index in [4.69, 9.17) is 0 Å². The molecule has 2 amide bonds. The molecule has 0 spiro atoms. The van der Waals surface area contributed by atoms with Crippen LogP contribution in [0.25, 0.3) is 0 Å². The SMILES string of the molecule is Cc1ccc(C(=O)N2CCC3CC2CN3C(=O)c2ccc(O)c(C)c2)cc1. The third kappa shape index (κ3) is 3.18. The highest BCUT2D eigenvalue weighted by molar-refractivity contribution is 5.96. The van der Waals surface area contributed by atoms with Crippen molar-refractivity contribution in [2.45, 2.75) is 38.8 Å². The Labute approximate surface area is 159 Å². The van der Waals surface area contributed by atoms with Crippen LogP contribution in [0.5, 0.6) is 5.75 Å².